The van der Waals surface area contributed by atoms with Gasteiger partial charge in [0.1, 0.15) is 0 Å². The Bertz CT molecular complexity index is 2640. The zero-order valence-corrected chi connectivity index (χ0v) is 24.3. The molecule has 3 heteroatoms. The van der Waals surface area contributed by atoms with Crippen LogP contribution in [-0.2, 0) is 0 Å². The number of nitriles is 1. The molecule has 208 valence electrons. The van der Waals surface area contributed by atoms with E-state index < -0.39 is 0 Å². The maximum Gasteiger partial charge on any atom is 0.0991 e. The molecule has 0 aliphatic rings. The number of aromatic nitrogens is 2. The Morgan fingerprint density at radius 2 is 1.16 bits per heavy atom. The van der Waals surface area contributed by atoms with Crippen LogP contribution < -0.4 is 0 Å². The second kappa shape index (κ2) is 9.91. The first-order valence-electron chi connectivity index (χ1n) is 15.1. The van der Waals surface area contributed by atoms with Crippen LogP contribution in [0.3, 0.4) is 0 Å². The van der Waals surface area contributed by atoms with Gasteiger partial charge in [0.25, 0.3) is 0 Å². The van der Waals surface area contributed by atoms with Gasteiger partial charge in [-0.3, -0.25) is 0 Å². The van der Waals surface area contributed by atoms with Gasteiger partial charge >= 0.3 is 0 Å². The molecule has 3 nitrogen and oxygen atoms in total. The summed E-state index contributed by atoms with van der Waals surface area (Å²) >= 11 is 0. The first-order valence-corrected chi connectivity index (χ1v) is 15.1. The van der Waals surface area contributed by atoms with Crippen molar-refractivity contribution in [3.8, 4) is 34.0 Å². The quantitative estimate of drug-likeness (QED) is 0.156. The van der Waals surface area contributed by atoms with Crippen molar-refractivity contribution in [1.82, 2.24) is 9.55 Å². The normalized spacial score (nSPS) is 11.5. The maximum atomic E-state index is 9.23. The Labute approximate surface area is 259 Å². The van der Waals surface area contributed by atoms with Crippen molar-refractivity contribution < 1.29 is 0 Å². The molecule has 0 bridgehead atoms. The molecular weight excluding hydrogens is 546 g/mol. The SMILES string of the molecule is N#Cc1ccc(-c2ccc3c(c2)c2ccccc2n3-c2ccc(-c3c4ccccc4nc4c3ccc3ccccc34)cc2)cc1. The van der Waals surface area contributed by atoms with Crippen LogP contribution in [-0.4, -0.2) is 9.55 Å². The Balaban J connectivity index is 1.22. The minimum atomic E-state index is 0.668. The number of rotatable bonds is 3. The lowest BCUT2D eigenvalue weighted by Gasteiger charge is -2.14. The van der Waals surface area contributed by atoms with Gasteiger partial charge in [-0.05, 0) is 70.6 Å². The van der Waals surface area contributed by atoms with E-state index in [1.54, 1.807) is 0 Å². The second-order valence-electron chi connectivity index (χ2n) is 11.5. The molecule has 0 aliphatic carbocycles. The van der Waals surface area contributed by atoms with E-state index in [4.69, 9.17) is 4.98 Å². The number of nitrogens with zero attached hydrogens (tertiary/aromatic N) is 3. The van der Waals surface area contributed by atoms with E-state index in [0.717, 1.165) is 44.1 Å². The van der Waals surface area contributed by atoms with Crippen molar-refractivity contribution in [2.75, 3.05) is 0 Å². The number of para-hydroxylation sites is 2. The van der Waals surface area contributed by atoms with Crippen molar-refractivity contribution in [3.05, 3.63) is 157 Å². The number of benzene rings is 7. The summed E-state index contributed by atoms with van der Waals surface area (Å²) in [5, 5.41) is 16.3. The molecule has 45 heavy (non-hydrogen) atoms. The van der Waals surface area contributed by atoms with E-state index in [1.807, 2.05) is 24.3 Å². The van der Waals surface area contributed by atoms with E-state index >= 15 is 0 Å². The molecule has 0 radical (unpaired) electrons. The van der Waals surface area contributed by atoms with E-state index in [1.165, 1.54) is 38.2 Å². The van der Waals surface area contributed by atoms with Gasteiger partial charge < -0.3 is 4.57 Å². The lowest BCUT2D eigenvalue weighted by atomic mass is 9.94. The van der Waals surface area contributed by atoms with Gasteiger partial charge in [-0.2, -0.15) is 5.26 Å². The average Bonchev–Trinajstić information content (AvgIpc) is 3.44. The molecule has 0 N–H and O–H groups in total. The van der Waals surface area contributed by atoms with Gasteiger partial charge in [0, 0.05) is 38.2 Å². The zero-order chi connectivity index (χ0) is 29.9. The van der Waals surface area contributed by atoms with Gasteiger partial charge in [0.2, 0.25) is 0 Å². The molecule has 0 aliphatic heterocycles. The van der Waals surface area contributed by atoms with Gasteiger partial charge in [-0.15, -0.1) is 0 Å². The van der Waals surface area contributed by atoms with E-state index in [0.29, 0.717) is 5.56 Å². The molecule has 0 unspecified atom stereocenters. The number of fused-ring (bicyclic) bond motifs is 7. The summed E-state index contributed by atoms with van der Waals surface area (Å²) in [6.07, 6.45) is 0. The summed E-state index contributed by atoms with van der Waals surface area (Å²) in [5.41, 5.74) is 10.8. The minimum absolute atomic E-state index is 0.668. The van der Waals surface area contributed by atoms with Crippen LogP contribution in [0.25, 0.3) is 82.3 Å². The Hall–Kier alpha value is -6.24. The van der Waals surface area contributed by atoms with Gasteiger partial charge in [-0.25, -0.2) is 4.98 Å². The number of pyridine rings is 1. The summed E-state index contributed by atoms with van der Waals surface area (Å²) in [4.78, 5) is 5.14. The van der Waals surface area contributed by atoms with Crippen LogP contribution in [0.15, 0.2) is 152 Å². The fourth-order valence-corrected chi connectivity index (χ4v) is 6.88. The van der Waals surface area contributed by atoms with Crippen LogP contribution in [0.1, 0.15) is 5.56 Å². The first-order chi connectivity index (χ1) is 22.3. The monoisotopic (exact) mass is 571 g/mol. The first kappa shape index (κ1) is 25.3. The third-order valence-corrected chi connectivity index (χ3v) is 9.01. The molecule has 0 amide bonds. The summed E-state index contributed by atoms with van der Waals surface area (Å²) < 4.78 is 2.35. The van der Waals surface area contributed by atoms with Gasteiger partial charge in [-0.1, -0.05) is 103 Å². The van der Waals surface area contributed by atoms with Gasteiger partial charge in [0.15, 0.2) is 0 Å². The lowest BCUT2D eigenvalue weighted by Crippen LogP contribution is -1.94. The van der Waals surface area contributed by atoms with E-state index in [2.05, 4.69) is 138 Å². The standard InChI is InChI=1S/C42H25N3/c43-26-27-13-15-28(16-14-27)31-20-24-40-37(25-31)34-9-4-6-12-39(34)45(40)32-21-17-30(18-22-32)41-35-10-3-5-11-38(35)44-42-33-8-2-1-7-29(33)19-23-36(41)42/h1-25H. The number of hydrogen-bond donors (Lipinski definition) is 0. The summed E-state index contributed by atoms with van der Waals surface area (Å²) in [6.45, 7) is 0. The van der Waals surface area contributed by atoms with E-state index in [-0.39, 0.29) is 0 Å². The molecular formula is C42H25N3. The Kier molecular flexibility index (Phi) is 5.57. The maximum absolute atomic E-state index is 9.23. The molecule has 2 heterocycles. The smallest absolute Gasteiger partial charge is 0.0991 e. The third kappa shape index (κ3) is 3.94. The summed E-state index contributed by atoms with van der Waals surface area (Å²) in [7, 11) is 0. The molecule has 2 aromatic heterocycles. The predicted octanol–water partition coefficient (Wildman–Crippen LogP) is 10.8. The third-order valence-electron chi connectivity index (χ3n) is 9.01. The molecule has 0 spiro atoms. The second-order valence-corrected chi connectivity index (χ2v) is 11.5. The van der Waals surface area contributed by atoms with Crippen LogP contribution in [0, 0.1) is 11.3 Å². The molecule has 9 rings (SSSR count). The summed E-state index contributed by atoms with van der Waals surface area (Å²) in [6, 6.07) is 55.6. The Morgan fingerprint density at radius 3 is 1.98 bits per heavy atom. The predicted molar refractivity (Wildman–Crippen MR) is 187 cm³/mol. The molecule has 7 aromatic carbocycles. The van der Waals surface area contributed by atoms with Crippen molar-refractivity contribution in [3.63, 3.8) is 0 Å². The largest absolute Gasteiger partial charge is 0.309 e. The highest BCUT2D eigenvalue weighted by Gasteiger charge is 2.16. The van der Waals surface area contributed by atoms with Crippen LogP contribution in [0.5, 0.6) is 0 Å². The minimum Gasteiger partial charge on any atom is -0.309 e. The van der Waals surface area contributed by atoms with Crippen LogP contribution in [0.2, 0.25) is 0 Å². The zero-order valence-electron chi connectivity index (χ0n) is 24.3. The molecule has 0 fully saturated rings. The van der Waals surface area contributed by atoms with Crippen LogP contribution in [0.4, 0.5) is 0 Å². The molecule has 9 aromatic rings. The topological polar surface area (TPSA) is 41.6 Å². The fourth-order valence-electron chi connectivity index (χ4n) is 6.88. The highest BCUT2D eigenvalue weighted by molar-refractivity contribution is 6.17. The molecule has 0 atom stereocenters. The highest BCUT2D eigenvalue weighted by atomic mass is 15.0. The highest BCUT2D eigenvalue weighted by Crippen LogP contribution is 2.39. The van der Waals surface area contributed by atoms with Crippen molar-refractivity contribution in [1.29, 1.82) is 5.26 Å². The summed E-state index contributed by atoms with van der Waals surface area (Å²) in [5.74, 6) is 0. The van der Waals surface area contributed by atoms with Crippen LogP contribution >= 0.6 is 0 Å². The number of hydrogen-bond acceptors (Lipinski definition) is 2. The Morgan fingerprint density at radius 1 is 0.489 bits per heavy atom. The molecule has 0 saturated carbocycles. The van der Waals surface area contributed by atoms with Crippen molar-refractivity contribution in [2.24, 2.45) is 0 Å². The van der Waals surface area contributed by atoms with E-state index in [9.17, 15) is 5.26 Å². The fraction of sp³-hybridized carbons (Fsp3) is 0. The average molecular weight is 572 g/mol. The molecule has 0 saturated heterocycles. The van der Waals surface area contributed by atoms with Crippen molar-refractivity contribution >= 4 is 54.4 Å². The van der Waals surface area contributed by atoms with Crippen molar-refractivity contribution in [2.45, 2.75) is 0 Å². The lowest BCUT2D eigenvalue weighted by molar-refractivity contribution is 1.18. The van der Waals surface area contributed by atoms with Gasteiger partial charge in [0.05, 0.1) is 33.7 Å².